The molecular weight excluding hydrogens is 374 g/mol. The largest absolute Gasteiger partial charge is 0.368 e. The Bertz CT molecular complexity index is 953. The van der Waals surface area contributed by atoms with Crippen LogP contribution in [-0.2, 0) is 13.0 Å². The Balaban J connectivity index is 1.30. The minimum Gasteiger partial charge on any atom is -0.368 e. The van der Waals surface area contributed by atoms with Gasteiger partial charge in [0.2, 0.25) is 11.9 Å². The van der Waals surface area contributed by atoms with E-state index in [2.05, 4.69) is 63.6 Å². The molecule has 5 N–H and O–H groups in total. The molecule has 2 aromatic carbocycles. The zero-order chi connectivity index (χ0) is 20.8. The maximum absolute atomic E-state index is 5.96. The van der Waals surface area contributed by atoms with E-state index in [0.29, 0.717) is 5.95 Å². The lowest BCUT2D eigenvalue weighted by molar-refractivity contribution is -1.02. The predicted molar refractivity (Wildman–Crippen MR) is 119 cm³/mol. The van der Waals surface area contributed by atoms with Crippen LogP contribution >= 0.6 is 0 Å². The molecule has 0 unspecified atom stereocenters. The molecule has 7 heteroatoms. The minimum absolute atomic E-state index is 0.266. The summed E-state index contributed by atoms with van der Waals surface area (Å²) in [6.07, 6.45) is 1.14. The Morgan fingerprint density at radius 1 is 0.867 bits per heavy atom. The molecule has 0 atom stereocenters. The third-order valence-corrected chi connectivity index (χ3v) is 5.77. The van der Waals surface area contributed by atoms with Crippen molar-refractivity contribution in [2.24, 2.45) is 0 Å². The van der Waals surface area contributed by atoms with E-state index < -0.39 is 0 Å². The average Bonchev–Trinajstić information content (AvgIpc) is 2.75. The zero-order valence-electron chi connectivity index (χ0n) is 17.6. The van der Waals surface area contributed by atoms with Gasteiger partial charge in [-0.3, -0.25) is 0 Å². The van der Waals surface area contributed by atoms with Gasteiger partial charge in [0.1, 0.15) is 32.7 Å². The summed E-state index contributed by atoms with van der Waals surface area (Å²) in [7, 11) is 0. The number of nitrogen functional groups attached to an aromatic ring is 1. The van der Waals surface area contributed by atoms with E-state index in [1.807, 2.05) is 18.2 Å². The molecule has 7 nitrogen and oxygen atoms in total. The first-order valence-corrected chi connectivity index (χ1v) is 10.7. The van der Waals surface area contributed by atoms with Crippen LogP contribution in [0.2, 0.25) is 0 Å². The summed E-state index contributed by atoms with van der Waals surface area (Å²) in [5.74, 6) is 1.53. The molecule has 1 fully saturated rings. The van der Waals surface area contributed by atoms with Gasteiger partial charge in [-0.05, 0) is 24.1 Å². The number of para-hydroxylation sites is 1. The second kappa shape index (κ2) is 9.65. The number of benzene rings is 2. The number of aryl methyl sites for hydroxylation is 1. The molecule has 1 aliphatic rings. The molecule has 156 valence electrons. The van der Waals surface area contributed by atoms with Crippen molar-refractivity contribution in [3.63, 3.8) is 0 Å². The molecule has 0 aliphatic carbocycles. The molecule has 0 amide bonds. The van der Waals surface area contributed by atoms with Gasteiger partial charge in [-0.25, -0.2) is 0 Å². The SMILES string of the molecule is Cc1ccccc1Nc1nc(N)nc(C[NH+]2CC[NH+](CCc3ccccc3)CC2)n1. The summed E-state index contributed by atoms with van der Waals surface area (Å²) in [6.45, 7) is 8.62. The van der Waals surface area contributed by atoms with Crippen molar-refractivity contribution in [1.29, 1.82) is 0 Å². The predicted octanol–water partition coefficient (Wildman–Crippen LogP) is 0.0319. The van der Waals surface area contributed by atoms with Crippen molar-refractivity contribution in [2.75, 3.05) is 43.8 Å². The van der Waals surface area contributed by atoms with E-state index in [4.69, 9.17) is 5.73 Å². The van der Waals surface area contributed by atoms with Crippen LogP contribution < -0.4 is 20.9 Å². The molecule has 1 saturated heterocycles. The number of nitrogens with two attached hydrogens (primary N) is 1. The monoisotopic (exact) mass is 405 g/mol. The van der Waals surface area contributed by atoms with Crippen LogP contribution in [0.1, 0.15) is 17.0 Å². The summed E-state index contributed by atoms with van der Waals surface area (Å²) >= 11 is 0. The highest BCUT2D eigenvalue weighted by Gasteiger charge is 2.24. The van der Waals surface area contributed by atoms with E-state index in [9.17, 15) is 0 Å². The van der Waals surface area contributed by atoms with Gasteiger partial charge in [-0.1, -0.05) is 48.5 Å². The van der Waals surface area contributed by atoms with Crippen LogP contribution in [0.4, 0.5) is 17.6 Å². The van der Waals surface area contributed by atoms with Crippen molar-refractivity contribution in [3.8, 4) is 0 Å². The van der Waals surface area contributed by atoms with Crippen molar-refractivity contribution < 1.29 is 9.80 Å². The molecule has 0 spiro atoms. The molecular formula is C23H31N7+2. The van der Waals surface area contributed by atoms with Gasteiger partial charge in [0.05, 0.1) is 6.54 Å². The third-order valence-electron chi connectivity index (χ3n) is 5.77. The number of piperazine rings is 1. The highest BCUT2D eigenvalue weighted by Crippen LogP contribution is 2.17. The summed E-state index contributed by atoms with van der Waals surface area (Å²) in [6, 6.07) is 18.8. The van der Waals surface area contributed by atoms with Gasteiger partial charge in [0.25, 0.3) is 0 Å². The first kappa shape index (κ1) is 20.3. The molecule has 0 radical (unpaired) electrons. The zero-order valence-corrected chi connectivity index (χ0v) is 17.6. The van der Waals surface area contributed by atoms with Gasteiger partial charge >= 0.3 is 0 Å². The van der Waals surface area contributed by atoms with Crippen LogP contribution in [0, 0.1) is 6.92 Å². The number of nitrogens with one attached hydrogen (secondary N) is 3. The lowest BCUT2D eigenvalue weighted by atomic mass is 10.1. The number of rotatable bonds is 7. The Hall–Kier alpha value is -3.03. The molecule has 1 aliphatic heterocycles. The fraction of sp³-hybridized carbons (Fsp3) is 0.348. The number of nitrogens with zero attached hydrogens (tertiary/aromatic N) is 3. The van der Waals surface area contributed by atoms with Gasteiger partial charge in [-0.15, -0.1) is 0 Å². The number of anilines is 3. The summed E-state index contributed by atoms with van der Waals surface area (Å²) in [5.41, 5.74) is 9.50. The van der Waals surface area contributed by atoms with Crippen LogP contribution in [0.25, 0.3) is 0 Å². The van der Waals surface area contributed by atoms with Crippen molar-refractivity contribution in [3.05, 3.63) is 71.5 Å². The molecule has 30 heavy (non-hydrogen) atoms. The van der Waals surface area contributed by atoms with Crippen molar-refractivity contribution in [2.45, 2.75) is 19.9 Å². The Morgan fingerprint density at radius 3 is 2.33 bits per heavy atom. The topological polar surface area (TPSA) is 85.6 Å². The Labute approximate surface area is 178 Å². The van der Waals surface area contributed by atoms with Crippen LogP contribution in [0.3, 0.4) is 0 Å². The first-order chi connectivity index (χ1) is 14.7. The van der Waals surface area contributed by atoms with Crippen molar-refractivity contribution >= 4 is 17.6 Å². The molecule has 1 aromatic heterocycles. The number of hydrogen-bond donors (Lipinski definition) is 4. The number of quaternary nitrogens is 2. The van der Waals surface area contributed by atoms with E-state index in [1.54, 1.807) is 4.90 Å². The second-order valence-electron chi connectivity index (χ2n) is 8.04. The molecule has 3 aromatic rings. The van der Waals surface area contributed by atoms with E-state index in [-0.39, 0.29) is 5.95 Å². The first-order valence-electron chi connectivity index (χ1n) is 10.7. The lowest BCUT2D eigenvalue weighted by Gasteiger charge is -2.29. The van der Waals surface area contributed by atoms with Gasteiger partial charge in [0, 0.05) is 12.1 Å². The smallest absolute Gasteiger partial charge is 0.232 e. The summed E-state index contributed by atoms with van der Waals surface area (Å²) in [5, 5.41) is 3.27. The van der Waals surface area contributed by atoms with Crippen molar-refractivity contribution in [1.82, 2.24) is 15.0 Å². The normalized spacial score (nSPS) is 18.8. The Morgan fingerprint density at radius 2 is 1.57 bits per heavy atom. The number of hydrogen-bond acceptors (Lipinski definition) is 5. The van der Waals surface area contributed by atoms with Gasteiger partial charge < -0.3 is 20.9 Å². The van der Waals surface area contributed by atoms with Crippen LogP contribution in [0.15, 0.2) is 54.6 Å². The quantitative estimate of drug-likeness (QED) is 0.446. The molecule has 0 saturated carbocycles. The van der Waals surface area contributed by atoms with Gasteiger partial charge in [0.15, 0.2) is 5.82 Å². The molecule has 4 rings (SSSR count). The standard InChI is InChI=1S/C23H29N7/c1-18-7-5-6-10-20(18)25-23-27-21(26-22(24)28-23)17-30-15-13-29(14-16-30)12-11-19-8-3-2-4-9-19/h2-10H,11-17H2,1H3,(H3,24,25,26,27,28)/p+2. The molecule has 2 heterocycles. The Kier molecular flexibility index (Phi) is 6.51. The highest BCUT2D eigenvalue weighted by molar-refractivity contribution is 5.58. The maximum atomic E-state index is 5.96. The van der Waals surface area contributed by atoms with E-state index >= 15 is 0 Å². The third kappa shape index (κ3) is 5.52. The number of aromatic nitrogens is 3. The summed E-state index contributed by atoms with van der Waals surface area (Å²) < 4.78 is 0. The summed E-state index contributed by atoms with van der Waals surface area (Å²) in [4.78, 5) is 16.4. The van der Waals surface area contributed by atoms with E-state index in [1.165, 1.54) is 30.1 Å². The minimum atomic E-state index is 0.266. The van der Waals surface area contributed by atoms with Crippen LogP contribution in [-0.4, -0.2) is 47.7 Å². The lowest BCUT2D eigenvalue weighted by Crippen LogP contribution is -3.27. The maximum Gasteiger partial charge on any atom is 0.232 e. The highest BCUT2D eigenvalue weighted by atomic mass is 15.3. The fourth-order valence-electron chi connectivity index (χ4n) is 3.98. The van der Waals surface area contributed by atoms with Gasteiger partial charge in [-0.2, -0.15) is 15.0 Å². The fourth-order valence-corrected chi connectivity index (χ4v) is 3.98. The van der Waals surface area contributed by atoms with E-state index in [0.717, 1.165) is 43.1 Å². The second-order valence-corrected chi connectivity index (χ2v) is 8.04. The molecule has 0 bridgehead atoms. The van der Waals surface area contributed by atoms with Crippen LogP contribution in [0.5, 0.6) is 0 Å². The average molecular weight is 406 g/mol.